The summed E-state index contributed by atoms with van der Waals surface area (Å²) in [6.45, 7) is -0.755. The highest BCUT2D eigenvalue weighted by Crippen LogP contribution is 2.21. The van der Waals surface area contributed by atoms with E-state index in [2.05, 4.69) is 20.9 Å². The molecular weight excluding hydrogens is 183 g/mol. The van der Waals surface area contributed by atoms with Gasteiger partial charge in [-0.05, 0) is 11.8 Å². The molecule has 0 saturated carbocycles. The van der Waals surface area contributed by atoms with Gasteiger partial charge >= 0.3 is 8.25 Å². The molecule has 0 aliphatic rings. The van der Waals surface area contributed by atoms with Crippen LogP contribution in [0.1, 0.15) is 0 Å². The van der Waals surface area contributed by atoms with E-state index in [1.807, 2.05) is 12.2 Å². The van der Waals surface area contributed by atoms with E-state index in [4.69, 9.17) is 10.2 Å². The molecule has 0 heterocycles. The maximum absolute atomic E-state index is 10.6. The van der Waals surface area contributed by atoms with E-state index in [-0.39, 0.29) is 13.2 Å². The van der Waals surface area contributed by atoms with Crippen molar-refractivity contribution in [2.75, 3.05) is 13.2 Å². The van der Waals surface area contributed by atoms with Crippen molar-refractivity contribution >= 4 is 8.25 Å². The quantitative estimate of drug-likeness (QED) is 0.445. The lowest BCUT2D eigenvalue weighted by molar-refractivity contribution is 0.345. The van der Waals surface area contributed by atoms with E-state index in [0.29, 0.717) is 0 Å². The van der Waals surface area contributed by atoms with Gasteiger partial charge in [-0.2, -0.15) is 0 Å². The van der Waals surface area contributed by atoms with E-state index in [1.165, 1.54) is 0 Å². The van der Waals surface area contributed by atoms with E-state index in [9.17, 15) is 4.57 Å². The third-order valence-corrected chi connectivity index (χ3v) is 1.11. The van der Waals surface area contributed by atoms with Crippen LogP contribution in [0.15, 0.2) is 0 Å². The zero-order valence-electron chi connectivity index (χ0n) is 6.03. The average Bonchev–Trinajstić information content (AvgIpc) is 2.06. The Morgan fingerprint density at radius 1 is 1.08 bits per heavy atom. The van der Waals surface area contributed by atoms with Crippen LogP contribution in [-0.2, 0) is 13.6 Å². The maximum atomic E-state index is 10.6. The first-order valence-corrected chi connectivity index (χ1v) is 4.08. The Morgan fingerprint density at radius 2 is 1.50 bits per heavy atom. The molecule has 2 N–H and O–H groups in total. The van der Waals surface area contributed by atoms with Gasteiger partial charge in [0.1, 0.15) is 25.4 Å². The third kappa shape index (κ3) is 6.98. The van der Waals surface area contributed by atoms with Crippen molar-refractivity contribution in [2.45, 2.75) is 0 Å². The fraction of sp³-hybridized carbons (Fsp3) is 0.333. The summed E-state index contributed by atoms with van der Waals surface area (Å²) in [5.41, 5.74) is 0. The molecule has 0 aromatic heterocycles. The molecule has 0 spiro atoms. The summed E-state index contributed by atoms with van der Waals surface area (Å²) in [4.78, 5) is 0. The highest BCUT2D eigenvalue weighted by Gasteiger charge is 1.91. The number of rotatable bonds is 2. The maximum Gasteiger partial charge on any atom is 0.435 e. The van der Waals surface area contributed by atoms with Gasteiger partial charge in [-0.1, -0.05) is 0 Å². The highest BCUT2D eigenvalue weighted by atomic mass is 31.1. The van der Waals surface area contributed by atoms with Crippen LogP contribution in [0.2, 0.25) is 0 Å². The molecule has 0 aliphatic carbocycles. The molecule has 0 radical (unpaired) electrons. The minimum Gasteiger partial charge on any atom is -0.384 e. The molecule has 0 rings (SSSR count). The lowest BCUT2D eigenvalue weighted by atomic mass is 10.8. The van der Waals surface area contributed by atoms with Crippen LogP contribution in [0.4, 0.5) is 0 Å². The Labute approximate surface area is 70.3 Å². The molecule has 0 atom stereocenters. The molecule has 0 aromatic carbocycles. The summed E-state index contributed by atoms with van der Waals surface area (Å²) in [6.07, 6.45) is 3.88. The fourth-order valence-electron chi connectivity index (χ4n) is 0.241. The molecular formula is C6H7O5P. The Morgan fingerprint density at radius 3 is 1.83 bits per heavy atom. The Hall–Kier alpha value is -1.13. The molecule has 0 amide bonds. The normalized spacial score (nSPS) is 7.58. The predicted octanol–water partition coefficient (Wildman–Crippen LogP) is -0.684. The molecule has 0 aromatic rings. The van der Waals surface area contributed by atoms with Gasteiger partial charge < -0.3 is 19.3 Å². The molecule has 66 valence electrons. The third-order valence-electron chi connectivity index (χ3n) is 0.571. The van der Waals surface area contributed by atoms with Crippen LogP contribution >= 0.6 is 8.25 Å². The van der Waals surface area contributed by atoms with Crippen LogP contribution in [-0.4, -0.2) is 23.4 Å². The van der Waals surface area contributed by atoms with Gasteiger partial charge in [-0.15, -0.1) is 0 Å². The first-order valence-electron chi connectivity index (χ1n) is 2.86. The van der Waals surface area contributed by atoms with Gasteiger partial charge in [0.05, 0.1) is 0 Å². The predicted molar refractivity (Wildman–Crippen MR) is 40.9 cm³/mol. The minimum absolute atomic E-state index is 0.378. The van der Waals surface area contributed by atoms with E-state index >= 15 is 0 Å². The van der Waals surface area contributed by atoms with Gasteiger partial charge in [-0.3, -0.25) is 0 Å². The second kappa shape index (κ2) is 7.97. The Kier molecular flexibility index (Phi) is 7.22. The van der Waals surface area contributed by atoms with Crippen LogP contribution in [0, 0.1) is 24.1 Å². The lowest BCUT2D eigenvalue weighted by Crippen LogP contribution is -1.76. The second-order valence-corrected chi connectivity index (χ2v) is 2.24. The molecule has 0 bridgehead atoms. The Bertz CT molecular complexity index is 227. The molecule has 0 saturated heterocycles. The second-order valence-electron chi connectivity index (χ2n) is 1.33. The van der Waals surface area contributed by atoms with Crippen molar-refractivity contribution in [3.05, 3.63) is 0 Å². The minimum atomic E-state index is -2.75. The average molecular weight is 190 g/mol. The van der Waals surface area contributed by atoms with Gasteiger partial charge in [0.15, 0.2) is 0 Å². The molecule has 0 unspecified atom stereocenters. The summed E-state index contributed by atoms with van der Waals surface area (Å²) in [7, 11) is -2.75. The largest absolute Gasteiger partial charge is 0.435 e. The van der Waals surface area contributed by atoms with Crippen molar-refractivity contribution in [3.8, 4) is 24.1 Å². The molecule has 5 nitrogen and oxygen atoms in total. The molecule has 6 heteroatoms. The van der Waals surface area contributed by atoms with E-state index in [1.54, 1.807) is 0 Å². The van der Waals surface area contributed by atoms with Gasteiger partial charge in [-0.25, -0.2) is 4.57 Å². The summed E-state index contributed by atoms with van der Waals surface area (Å²) < 4.78 is 19.1. The number of hydrogen-bond acceptors (Lipinski definition) is 5. The molecule has 0 fully saturated rings. The van der Waals surface area contributed by atoms with Crippen molar-refractivity contribution in [1.29, 1.82) is 0 Å². The van der Waals surface area contributed by atoms with Crippen molar-refractivity contribution in [3.63, 3.8) is 0 Å². The van der Waals surface area contributed by atoms with Crippen LogP contribution in [0.25, 0.3) is 0 Å². The number of aliphatic hydroxyl groups excluding tert-OH is 2. The summed E-state index contributed by atoms with van der Waals surface area (Å²) in [6, 6.07) is 0. The van der Waals surface area contributed by atoms with Crippen molar-refractivity contribution in [1.82, 2.24) is 0 Å². The lowest BCUT2D eigenvalue weighted by Gasteiger charge is -1.91. The molecule has 0 aliphatic heterocycles. The van der Waals surface area contributed by atoms with E-state index in [0.717, 1.165) is 0 Å². The molecule has 12 heavy (non-hydrogen) atoms. The zero-order chi connectivity index (χ0) is 9.23. The van der Waals surface area contributed by atoms with Crippen molar-refractivity contribution < 1.29 is 23.8 Å². The summed E-state index contributed by atoms with van der Waals surface area (Å²) in [5.74, 6) is 4.20. The summed E-state index contributed by atoms with van der Waals surface area (Å²) >= 11 is 0. The fourth-order valence-corrected chi connectivity index (χ4v) is 0.594. The summed E-state index contributed by atoms with van der Waals surface area (Å²) in [5, 5.41) is 16.3. The van der Waals surface area contributed by atoms with Gasteiger partial charge in [0.25, 0.3) is 0 Å². The number of aliphatic hydroxyl groups is 2. The van der Waals surface area contributed by atoms with Crippen LogP contribution < -0.4 is 0 Å². The highest BCUT2D eigenvalue weighted by molar-refractivity contribution is 7.33. The first kappa shape index (κ1) is 10.9. The van der Waals surface area contributed by atoms with Gasteiger partial charge in [0, 0.05) is 0 Å². The van der Waals surface area contributed by atoms with Gasteiger partial charge in [0.2, 0.25) is 0 Å². The Balaban J connectivity index is 3.60. The topological polar surface area (TPSA) is 76.0 Å². The SMILES string of the molecule is O=[PH](OC#CCO)OC#CCO. The number of hydrogen-bond donors (Lipinski definition) is 2. The standard InChI is InChI=1S/C6H7O5P/c7-3-1-5-10-12(9)11-6-2-4-8/h7-8,12H,3-4H2. The van der Waals surface area contributed by atoms with Crippen molar-refractivity contribution in [2.24, 2.45) is 0 Å². The first-order chi connectivity index (χ1) is 5.81. The smallest absolute Gasteiger partial charge is 0.384 e. The van der Waals surface area contributed by atoms with Crippen LogP contribution in [0.3, 0.4) is 0 Å². The van der Waals surface area contributed by atoms with E-state index < -0.39 is 8.25 Å². The monoisotopic (exact) mass is 190 g/mol. The zero-order valence-corrected chi connectivity index (χ0v) is 7.03. The van der Waals surface area contributed by atoms with Crippen LogP contribution in [0.5, 0.6) is 0 Å².